The fourth-order valence-electron chi connectivity index (χ4n) is 2.96. The van der Waals surface area contributed by atoms with E-state index in [1.54, 1.807) is 6.07 Å². The van der Waals surface area contributed by atoms with Gasteiger partial charge >= 0.3 is 0 Å². The number of hydrogen-bond acceptors (Lipinski definition) is 2. The van der Waals surface area contributed by atoms with Gasteiger partial charge in [-0.3, -0.25) is 4.79 Å². The van der Waals surface area contributed by atoms with Crippen LogP contribution in [0.5, 0.6) is 0 Å². The summed E-state index contributed by atoms with van der Waals surface area (Å²) in [6.45, 7) is 2.00. The van der Waals surface area contributed by atoms with E-state index in [0.29, 0.717) is 5.69 Å². The van der Waals surface area contributed by atoms with E-state index in [-0.39, 0.29) is 10.6 Å². The molecule has 134 valence electrons. The molecule has 4 rings (SSSR count). The molecular weight excluding hydrogens is 365 g/mol. The first kappa shape index (κ1) is 17.2. The first-order valence-electron chi connectivity index (χ1n) is 8.33. The SMILES string of the molecule is Cc1cccn2cc(-c3ccccc3NC(=O)c3ccc(F)cc3Cl)nc12. The van der Waals surface area contributed by atoms with Gasteiger partial charge in [0.25, 0.3) is 5.91 Å². The standard InChI is InChI=1S/C21H15ClFN3O/c1-13-5-4-10-26-12-19(24-20(13)26)16-6-2-3-7-18(16)25-21(27)15-9-8-14(23)11-17(15)22/h2-12H,1H3,(H,25,27). The van der Waals surface area contributed by atoms with E-state index < -0.39 is 11.7 Å². The summed E-state index contributed by atoms with van der Waals surface area (Å²) < 4.78 is 15.2. The van der Waals surface area contributed by atoms with E-state index in [9.17, 15) is 9.18 Å². The second kappa shape index (κ2) is 6.85. The molecule has 2 aromatic heterocycles. The van der Waals surface area contributed by atoms with Crippen LogP contribution in [0.4, 0.5) is 10.1 Å². The van der Waals surface area contributed by atoms with Gasteiger partial charge in [-0.15, -0.1) is 0 Å². The molecule has 1 amide bonds. The quantitative estimate of drug-likeness (QED) is 0.521. The number of amides is 1. The number of aromatic nitrogens is 2. The lowest BCUT2D eigenvalue weighted by atomic mass is 10.1. The van der Waals surface area contributed by atoms with Crippen LogP contribution in [0.3, 0.4) is 0 Å². The molecule has 0 fully saturated rings. The van der Waals surface area contributed by atoms with Gasteiger partial charge in [0, 0.05) is 18.0 Å². The summed E-state index contributed by atoms with van der Waals surface area (Å²) in [6, 6.07) is 15.0. The predicted molar refractivity (Wildman–Crippen MR) is 105 cm³/mol. The van der Waals surface area contributed by atoms with Crippen LogP contribution in [0.1, 0.15) is 15.9 Å². The molecule has 0 unspecified atom stereocenters. The molecule has 0 bridgehead atoms. The van der Waals surface area contributed by atoms with E-state index in [1.807, 2.05) is 54.0 Å². The van der Waals surface area contributed by atoms with Crippen LogP contribution in [0.2, 0.25) is 5.02 Å². The van der Waals surface area contributed by atoms with Gasteiger partial charge in [-0.05, 0) is 42.8 Å². The minimum atomic E-state index is -0.489. The molecule has 0 radical (unpaired) electrons. The highest BCUT2D eigenvalue weighted by molar-refractivity contribution is 6.34. The maximum atomic E-state index is 13.2. The van der Waals surface area contributed by atoms with Crippen LogP contribution in [-0.4, -0.2) is 15.3 Å². The van der Waals surface area contributed by atoms with Gasteiger partial charge in [0.1, 0.15) is 11.5 Å². The van der Waals surface area contributed by atoms with Crippen molar-refractivity contribution in [1.82, 2.24) is 9.38 Å². The maximum absolute atomic E-state index is 13.2. The van der Waals surface area contributed by atoms with Gasteiger partial charge in [0.15, 0.2) is 0 Å². The number of carbonyl (C=O) groups excluding carboxylic acids is 1. The molecule has 0 aliphatic rings. The Hall–Kier alpha value is -3.18. The Kier molecular flexibility index (Phi) is 4.38. The largest absolute Gasteiger partial charge is 0.321 e. The van der Waals surface area contributed by atoms with Crippen molar-refractivity contribution in [2.45, 2.75) is 6.92 Å². The van der Waals surface area contributed by atoms with Gasteiger partial charge in [-0.25, -0.2) is 9.37 Å². The van der Waals surface area contributed by atoms with E-state index >= 15 is 0 Å². The highest BCUT2D eigenvalue weighted by Gasteiger charge is 2.15. The summed E-state index contributed by atoms with van der Waals surface area (Å²) in [5, 5.41) is 2.91. The van der Waals surface area contributed by atoms with Crippen LogP contribution in [0.15, 0.2) is 67.0 Å². The smallest absolute Gasteiger partial charge is 0.257 e. The number of halogens is 2. The molecule has 4 aromatic rings. The lowest BCUT2D eigenvalue weighted by molar-refractivity contribution is 0.102. The van der Waals surface area contributed by atoms with Crippen LogP contribution in [0, 0.1) is 12.7 Å². The molecule has 4 nitrogen and oxygen atoms in total. The second-order valence-corrected chi connectivity index (χ2v) is 6.58. The van der Waals surface area contributed by atoms with Crippen LogP contribution in [0.25, 0.3) is 16.9 Å². The number of nitrogens with zero attached hydrogens (tertiary/aromatic N) is 2. The summed E-state index contributed by atoms with van der Waals surface area (Å²) >= 11 is 6.00. The summed E-state index contributed by atoms with van der Waals surface area (Å²) in [5.74, 6) is -0.899. The number of carbonyl (C=O) groups is 1. The molecule has 0 spiro atoms. The highest BCUT2D eigenvalue weighted by Crippen LogP contribution is 2.29. The Bertz CT molecular complexity index is 1170. The zero-order chi connectivity index (χ0) is 19.0. The average molecular weight is 380 g/mol. The maximum Gasteiger partial charge on any atom is 0.257 e. The number of aryl methyl sites for hydroxylation is 1. The fraction of sp³-hybridized carbons (Fsp3) is 0.0476. The number of para-hydroxylation sites is 1. The van der Waals surface area contributed by atoms with Crippen molar-refractivity contribution in [3.8, 4) is 11.3 Å². The molecule has 27 heavy (non-hydrogen) atoms. The number of nitrogens with one attached hydrogen (secondary N) is 1. The molecule has 0 aliphatic heterocycles. The van der Waals surface area contributed by atoms with E-state index in [2.05, 4.69) is 10.3 Å². The molecule has 0 saturated carbocycles. The van der Waals surface area contributed by atoms with Crippen LogP contribution < -0.4 is 5.32 Å². The van der Waals surface area contributed by atoms with Crippen LogP contribution >= 0.6 is 11.6 Å². The number of fused-ring (bicyclic) bond motifs is 1. The van der Waals surface area contributed by atoms with Crippen molar-refractivity contribution < 1.29 is 9.18 Å². The Labute approximate surface area is 160 Å². The number of imidazole rings is 1. The molecule has 0 atom stereocenters. The van der Waals surface area contributed by atoms with Crippen molar-refractivity contribution in [2.75, 3.05) is 5.32 Å². The first-order valence-corrected chi connectivity index (χ1v) is 8.71. The Morgan fingerprint density at radius 2 is 1.96 bits per heavy atom. The van der Waals surface area contributed by atoms with Crippen molar-refractivity contribution in [3.05, 3.63) is 89.0 Å². The Morgan fingerprint density at radius 1 is 1.15 bits per heavy atom. The molecule has 0 saturated heterocycles. The van der Waals surface area contributed by atoms with Crippen molar-refractivity contribution in [3.63, 3.8) is 0 Å². The van der Waals surface area contributed by atoms with Gasteiger partial charge in [0.2, 0.25) is 0 Å². The van der Waals surface area contributed by atoms with Crippen LogP contribution in [-0.2, 0) is 0 Å². The van der Waals surface area contributed by atoms with E-state index in [1.165, 1.54) is 12.1 Å². The van der Waals surface area contributed by atoms with Crippen molar-refractivity contribution in [2.24, 2.45) is 0 Å². The third-order valence-electron chi connectivity index (χ3n) is 4.30. The van der Waals surface area contributed by atoms with Gasteiger partial charge in [-0.2, -0.15) is 0 Å². The zero-order valence-electron chi connectivity index (χ0n) is 14.4. The molecule has 2 aromatic carbocycles. The zero-order valence-corrected chi connectivity index (χ0v) is 15.2. The number of hydrogen-bond donors (Lipinski definition) is 1. The van der Waals surface area contributed by atoms with Crippen molar-refractivity contribution >= 4 is 28.8 Å². The lowest BCUT2D eigenvalue weighted by Gasteiger charge is -2.10. The monoisotopic (exact) mass is 379 g/mol. The fourth-order valence-corrected chi connectivity index (χ4v) is 3.22. The minimum Gasteiger partial charge on any atom is -0.321 e. The molecule has 1 N–H and O–H groups in total. The number of benzene rings is 2. The molecule has 2 heterocycles. The van der Waals surface area contributed by atoms with E-state index in [0.717, 1.165) is 28.5 Å². The summed E-state index contributed by atoms with van der Waals surface area (Å²) in [6.07, 6.45) is 3.84. The summed E-state index contributed by atoms with van der Waals surface area (Å²) in [7, 11) is 0. The predicted octanol–water partition coefficient (Wildman–Crippen LogP) is 5.35. The highest BCUT2D eigenvalue weighted by atomic mass is 35.5. The van der Waals surface area contributed by atoms with Gasteiger partial charge in [-0.1, -0.05) is 35.9 Å². The third kappa shape index (κ3) is 3.29. The molecule has 6 heteroatoms. The summed E-state index contributed by atoms with van der Waals surface area (Å²) in [5.41, 5.74) is 4.25. The van der Waals surface area contributed by atoms with Crippen molar-refractivity contribution in [1.29, 1.82) is 0 Å². The number of rotatable bonds is 3. The second-order valence-electron chi connectivity index (χ2n) is 6.17. The number of anilines is 1. The minimum absolute atomic E-state index is 0.0633. The normalized spacial score (nSPS) is 10.9. The van der Waals surface area contributed by atoms with Gasteiger partial charge in [0.05, 0.1) is 22.0 Å². The topological polar surface area (TPSA) is 46.4 Å². The summed E-state index contributed by atoms with van der Waals surface area (Å²) in [4.78, 5) is 17.3. The molecule has 0 aliphatic carbocycles. The third-order valence-corrected chi connectivity index (χ3v) is 4.62. The van der Waals surface area contributed by atoms with E-state index in [4.69, 9.17) is 11.6 Å². The Balaban J connectivity index is 1.72. The average Bonchev–Trinajstić information content (AvgIpc) is 3.07. The lowest BCUT2D eigenvalue weighted by Crippen LogP contribution is -2.13. The number of pyridine rings is 1. The Morgan fingerprint density at radius 3 is 2.74 bits per heavy atom. The first-order chi connectivity index (χ1) is 13.0. The van der Waals surface area contributed by atoms with Gasteiger partial charge < -0.3 is 9.72 Å². The molecular formula is C21H15ClFN3O.